The summed E-state index contributed by atoms with van der Waals surface area (Å²) < 4.78 is 5.06. The second kappa shape index (κ2) is 11.9. The molecule has 1 amide bonds. The van der Waals surface area contributed by atoms with Crippen LogP contribution in [0, 0.1) is 11.8 Å². The highest BCUT2D eigenvalue weighted by atomic mass is 16.5. The molecule has 0 aliphatic rings. The number of aliphatic imine (C=N–C) groups is 1. The van der Waals surface area contributed by atoms with Gasteiger partial charge in [0.1, 0.15) is 12.5 Å². The van der Waals surface area contributed by atoms with E-state index in [4.69, 9.17) is 4.74 Å². The Kier molecular flexibility index (Phi) is 9.25. The first kappa shape index (κ1) is 23.3. The van der Waals surface area contributed by atoms with Crippen LogP contribution >= 0.6 is 0 Å². The van der Waals surface area contributed by atoms with Crippen molar-refractivity contribution in [3.63, 3.8) is 0 Å². The lowest BCUT2D eigenvalue weighted by Crippen LogP contribution is -2.37. The maximum Gasteiger partial charge on any atom is 0.256 e. The van der Waals surface area contributed by atoms with Gasteiger partial charge in [0.15, 0.2) is 11.6 Å². The summed E-state index contributed by atoms with van der Waals surface area (Å²) in [6.07, 6.45) is 2.05. The summed E-state index contributed by atoms with van der Waals surface area (Å²) in [5.74, 6) is -3.98. The summed E-state index contributed by atoms with van der Waals surface area (Å²) >= 11 is 0. The Balaban J connectivity index is 2.35. The summed E-state index contributed by atoms with van der Waals surface area (Å²) in [5, 5.41) is 9.37. The molecule has 0 aromatic heterocycles. The quantitative estimate of drug-likeness (QED) is 0.266. The Bertz CT molecular complexity index is 874. The number of benzene rings is 2. The lowest BCUT2D eigenvalue weighted by atomic mass is 9.79. The zero-order valence-electron chi connectivity index (χ0n) is 17.3. The molecule has 0 radical (unpaired) electrons. The molecule has 2 atom stereocenters. The topological polar surface area (TPSA) is 93.0 Å². The number of nitrogens with zero attached hydrogens (tertiary/aromatic N) is 1. The Morgan fingerprint density at radius 3 is 2.23 bits per heavy atom. The number of carbonyl (C=O) groups excluding carboxylic acids is 3. The van der Waals surface area contributed by atoms with E-state index >= 15 is 0 Å². The van der Waals surface area contributed by atoms with Crippen LogP contribution < -0.4 is 0 Å². The Morgan fingerprint density at radius 1 is 1.03 bits per heavy atom. The first-order valence-corrected chi connectivity index (χ1v) is 9.88. The number of hydrogen-bond donors (Lipinski definition) is 1. The summed E-state index contributed by atoms with van der Waals surface area (Å²) in [5.41, 5.74) is 2.38. The third kappa shape index (κ3) is 6.02. The lowest BCUT2D eigenvalue weighted by molar-refractivity contribution is -0.135. The van der Waals surface area contributed by atoms with Crippen molar-refractivity contribution in [1.82, 2.24) is 0 Å². The molecule has 0 fully saturated rings. The second-order valence-corrected chi connectivity index (χ2v) is 6.88. The summed E-state index contributed by atoms with van der Waals surface area (Å²) in [4.78, 5) is 41.8. The van der Waals surface area contributed by atoms with Crippen LogP contribution in [0.2, 0.25) is 0 Å². The Hall–Kier alpha value is -2.96. The van der Waals surface area contributed by atoms with Gasteiger partial charge in [-0.3, -0.25) is 14.4 Å². The third-order valence-electron chi connectivity index (χ3n) is 4.90. The fourth-order valence-electron chi connectivity index (χ4n) is 3.41. The van der Waals surface area contributed by atoms with Gasteiger partial charge in [-0.25, -0.2) is 4.99 Å². The Labute approximate surface area is 176 Å². The van der Waals surface area contributed by atoms with E-state index in [2.05, 4.69) is 4.99 Å². The highest BCUT2D eigenvalue weighted by Crippen LogP contribution is 2.27. The van der Waals surface area contributed by atoms with Gasteiger partial charge >= 0.3 is 0 Å². The molecule has 0 spiro atoms. The minimum Gasteiger partial charge on any atom is -0.389 e. The first-order chi connectivity index (χ1) is 14.5. The maximum atomic E-state index is 13.3. The van der Waals surface area contributed by atoms with Gasteiger partial charge in [0.05, 0.1) is 0 Å². The summed E-state index contributed by atoms with van der Waals surface area (Å²) in [7, 11) is 1.54. The molecule has 1 N–H and O–H groups in total. The summed E-state index contributed by atoms with van der Waals surface area (Å²) in [6.45, 7) is 1.13. The molecule has 0 bridgehead atoms. The fraction of sp³-hybridized carbons (Fsp3) is 0.333. The molecule has 0 saturated carbocycles. The lowest BCUT2D eigenvalue weighted by Gasteiger charge is -2.22. The van der Waals surface area contributed by atoms with Crippen LogP contribution in [0.5, 0.6) is 0 Å². The van der Waals surface area contributed by atoms with Crippen molar-refractivity contribution in [3.05, 3.63) is 60.2 Å². The molecule has 0 saturated heterocycles. The predicted octanol–water partition coefficient (Wildman–Crippen LogP) is 3.37. The monoisotopic (exact) mass is 409 g/mol. The van der Waals surface area contributed by atoms with Gasteiger partial charge in [0.25, 0.3) is 5.91 Å². The molecule has 6 heteroatoms. The van der Waals surface area contributed by atoms with Crippen LogP contribution in [0.3, 0.4) is 0 Å². The number of amides is 1. The number of Topliss-reactive ketones (excluding diaryl/α,β-unsaturated/α-hetero) is 2. The van der Waals surface area contributed by atoms with Crippen LogP contribution in [0.4, 0.5) is 0 Å². The predicted molar refractivity (Wildman–Crippen MR) is 116 cm³/mol. The highest BCUT2D eigenvalue weighted by Gasteiger charge is 2.38. The normalized spacial score (nSPS) is 13.2. The zero-order chi connectivity index (χ0) is 21.9. The van der Waals surface area contributed by atoms with E-state index in [9.17, 15) is 19.5 Å². The average Bonchev–Trinajstić information content (AvgIpc) is 2.78. The molecule has 0 aliphatic carbocycles. The van der Waals surface area contributed by atoms with Crippen LogP contribution in [-0.2, 0) is 14.3 Å². The molecule has 2 aromatic carbocycles. The molecule has 0 aliphatic heterocycles. The molecular weight excluding hydrogens is 382 g/mol. The van der Waals surface area contributed by atoms with E-state index in [-0.39, 0.29) is 12.2 Å². The molecule has 2 aromatic rings. The molecule has 30 heavy (non-hydrogen) atoms. The number of carbonyl (C=O) groups is 3. The second-order valence-electron chi connectivity index (χ2n) is 6.88. The van der Waals surface area contributed by atoms with Gasteiger partial charge in [-0.05, 0) is 30.9 Å². The van der Waals surface area contributed by atoms with E-state index in [1.54, 1.807) is 26.2 Å². The van der Waals surface area contributed by atoms with Gasteiger partial charge in [-0.15, -0.1) is 0 Å². The van der Waals surface area contributed by atoms with E-state index < -0.39 is 30.1 Å². The van der Waals surface area contributed by atoms with Crippen molar-refractivity contribution in [2.75, 3.05) is 20.3 Å². The van der Waals surface area contributed by atoms with Gasteiger partial charge in [0.2, 0.25) is 0 Å². The standard InChI is InChI=1S/C24H27NO5/c1-3-25-24(29)22(21(27)16-26)20(10-7-15-30-2)23(28)19-13-11-18(12-14-19)17-8-5-4-6-9-17/h3-6,8-9,11-14,20,22,26H,7,10,15-16H2,1-2H3. The smallest absolute Gasteiger partial charge is 0.256 e. The van der Waals surface area contributed by atoms with Gasteiger partial charge in [0, 0.05) is 31.4 Å². The molecular formula is C24H27NO5. The van der Waals surface area contributed by atoms with Gasteiger partial charge in [-0.2, -0.15) is 0 Å². The maximum absolute atomic E-state index is 13.3. The highest BCUT2D eigenvalue weighted by molar-refractivity contribution is 6.10. The fourth-order valence-corrected chi connectivity index (χ4v) is 3.41. The van der Waals surface area contributed by atoms with Crippen LogP contribution in [-0.4, -0.2) is 49.1 Å². The van der Waals surface area contributed by atoms with Crippen LogP contribution in [0.15, 0.2) is 59.6 Å². The number of aliphatic hydroxyl groups excluding tert-OH is 1. The van der Waals surface area contributed by atoms with Crippen LogP contribution in [0.25, 0.3) is 11.1 Å². The number of aliphatic hydroxyl groups is 1. The summed E-state index contributed by atoms with van der Waals surface area (Å²) in [6, 6.07) is 16.8. The SMILES string of the molecule is CC=NC(=O)C(C(=O)CO)C(CCCOC)C(=O)c1ccc(-c2ccccc2)cc1. The van der Waals surface area contributed by atoms with E-state index in [1.807, 2.05) is 42.5 Å². The van der Waals surface area contributed by atoms with Gasteiger partial charge < -0.3 is 9.84 Å². The molecule has 2 unspecified atom stereocenters. The number of rotatable bonds is 11. The van der Waals surface area contributed by atoms with Crippen molar-refractivity contribution < 1.29 is 24.2 Å². The van der Waals surface area contributed by atoms with Crippen LogP contribution in [0.1, 0.15) is 30.1 Å². The zero-order valence-corrected chi connectivity index (χ0v) is 17.3. The minimum atomic E-state index is -1.32. The first-order valence-electron chi connectivity index (χ1n) is 9.88. The molecule has 6 nitrogen and oxygen atoms in total. The van der Waals surface area contributed by atoms with E-state index in [1.165, 1.54) is 6.21 Å². The number of ether oxygens (including phenoxy) is 1. The van der Waals surface area contributed by atoms with Crippen molar-refractivity contribution in [2.24, 2.45) is 16.8 Å². The van der Waals surface area contributed by atoms with Crippen molar-refractivity contribution >= 4 is 23.7 Å². The molecule has 2 rings (SSSR count). The van der Waals surface area contributed by atoms with Crippen molar-refractivity contribution in [2.45, 2.75) is 19.8 Å². The Morgan fingerprint density at radius 2 is 1.67 bits per heavy atom. The number of ketones is 2. The molecule has 0 heterocycles. The minimum absolute atomic E-state index is 0.272. The van der Waals surface area contributed by atoms with E-state index in [0.717, 1.165) is 11.1 Å². The third-order valence-corrected chi connectivity index (χ3v) is 4.90. The largest absolute Gasteiger partial charge is 0.389 e. The van der Waals surface area contributed by atoms with E-state index in [0.29, 0.717) is 18.6 Å². The average molecular weight is 409 g/mol. The number of hydrogen-bond acceptors (Lipinski definition) is 5. The van der Waals surface area contributed by atoms with Crippen molar-refractivity contribution in [3.8, 4) is 11.1 Å². The molecule has 158 valence electrons. The van der Waals surface area contributed by atoms with Gasteiger partial charge in [-0.1, -0.05) is 54.6 Å². The number of methoxy groups -OCH3 is 1. The van der Waals surface area contributed by atoms with Crippen molar-refractivity contribution in [1.29, 1.82) is 0 Å².